The SMILES string of the molecule is COC(=O)CN(C)c1cncc2nnnn12. The van der Waals surface area contributed by atoms with Crippen LogP contribution in [-0.2, 0) is 9.53 Å². The van der Waals surface area contributed by atoms with Crippen LogP contribution in [0.5, 0.6) is 0 Å². The monoisotopic (exact) mass is 222 g/mol. The van der Waals surface area contributed by atoms with E-state index in [4.69, 9.17) is 0 Å². The van der Waals surface area contributed by atoms with E-state index in [0.29, 0.717) is 11.5 Å². The second-order valence-electron chi connectivity index (χ2n) is 3.15. The van der Waals surface area contributed by atoms with E-state index in [1.807, 2.05) is 0 Å². The first-order chi connectivity index (χ1) is 7.72. The van der Waals surface area contributed by atoms with Crippen molar-refractivity contribution in [2.45, 2.75) is 0 Å². The molecule has 0 bridgehead atoms. The molecule has 8 nitrogen and oxygen atoms in total. The molecule has 0 amide bonds. The van der Waals surface area contributed by atoms with Gasteiger partial charge in [0, 0.05) is 7.05 Å². The van der Waals surface area contributed by atoms with E-state index < -0.39 is 0 Å². The van der Waals surface area contributed by atoms with Crippen LogP contribution in [0.3, 0.4) is 0 Å². The molecule has 0 saturated carbocycles. The van der Waals surface area contributed by atoms with Crippen molar-refractivity contribution in [1.29, 1.82) is 0 Å². The highest BCUT2D eigenvalue weighted by molar-refractivity contribution is 5.75. The van der Waals surface area contributed by atoms with E-state index in [-0.39, 0.29) is 12.5 Å². The topological polar surface area (TPSA) is 85.5 Å². The van der Waals surface area contributed by atoms with Gasteiger partial charge < -0.3 is 9.64 Å². The average molecular weight is 222 g/mol. The molecule has 0 spiro atoms. The van der Waals surface area contributed by atoms with E-state index >= 15 is 0 Å². The smallest absolute Gasteiger partial charge is 0.325 e. The predicted molar refractivity (Wildman–Crippen MR) is 53.9 cm³/mol. The van der Waals surface area contributed by atoms with Crippen LogP contribution < -0.4 is 4.90 Å². The van der Waals surface area contributed by atoms with Gasteiger partial charge in [0.15, 0.2) is 11.5 Å². The molecule has 0 fully saturated rings. The molecule has 16 heavy (non-hydrogen) atoms. The Kier molecular flexibility index (Phi) is 2.63. The average Bonchev–Trinajstić information content (AvgIpc) is 2.76. The van der Waals surface area contributed by atoms with Crippen LogP contribution in [0.2, 0.25) is 0 Å². The van der Waals surface area contributed by atoms with E-state index in [1.54, 1.807) is 18.1 Å². The first-order valence-electron chi connectivity index (χ1n) is 4.52. The van der Waals surface area contributed by atoms with Gasteiger partial charge in [-0.2, -0.15) is 4.52 Å². The molecule has 0 aliphatic carbocycles. The number of hydrogen-bond donors (Lipinski definition) is 0. The van der Waals surface area contributed by atoms with Gasteiger partial charge in [-0.15, -0.1) is 5.10 Å². The second-order valence-corrected chi connectivity index (χ2v) is 3.15. The summed E-state index contributed by atoms with van der Waals surface area (Å²) >= 11 is 0. The van der Waals surface area contributed by atoms with Crippen LogP contribution in [-0.4, -0.2) is 51.7 Å². The molecule has 0 radical (unpaired) electrons. The maximum atomic E-state index is 11.1. The fraction of sp³-hybridized carbons (Fsp3) is 0.375. The first-order valence-corrected chi connectivity index (χ1v) is 4.52. The highest BCUT2D eigenvalue weighted by Crippen LogP contribution is 2.10. The molecular formula is C8H10N6O2. The molecule has 0 unspecified atom stereocenters. The van der Waals surface area contributed by atoms with Crippen LogP contribution in [0.25, 0.3) is 5.65 Å². The van der Waals surface area contributed by atoms with Crippen LogP contribution in [0.1, 0.15) is 0 Å². The van der Waals surface area contributed by atoms with E-state index in [2.05, 4.69) is 25.2 Å². The third-order valence-corrected chi connectivity index (χ3v) is 2.08. The van der Waals surface area contributed by atoms with Crippen molar-refractivity contribution in [3.63, 3.8) is 0 Å². The molecule has 2 aromatic rings. The van der Waals surface area contributed by atoms with Gasteiger partial charge in [0.2, 0.25) is 0 Å². The number of anilines is 1. The molecule has 0 aliphatic rings. The molecular weight excluding hydrogens is 212 g/mol. The van der Waals surface area contributed by atoms with E-state index in [0.717, 1.165) is 0 Å². The largest absolute Gasteiger partial charge is 0.468 e. The van der Waals surface area contributed by atoms with Crippen molar-refractivity contribution in [1.82, 2.24) is 25.0 Å². The van der Waals surface area contributed by atoms with Gasteiger partial charge in [0.1, 0.15) is 6.54 Å². The molecule has 0 aliphatic heterocycles. The fourth-order valence-corrected chi connectivity index (χ4v) is 1.26. The lowest BCUT2D eigenvalue weighted by molar-refractivity contribution is -0.138. The van der Waals surface area contributed by atoms with Crippen molar-refractivity contribution >= 4 is 17.4 Å². The lowest BCUT2D eigenvalue weighted by Crippen LogP contribution is -2.28. The van der Waals surface area contributed by atoms with Crippen molar-refractivity contribution in [2.24, 2.45) is 0 Å². The minimum Gasteiger partial charge on any atom is -0.468 e. The number of fused-ring (bicyclic) bond motifs is 1. The Hall–Kier alpha value is -2.25. The number of tetrazole rings is 1. The number of carbonyl (C=O) groups excluding carboxylic acids is 1. The second kappa shape index (κ2) is 4.09. The number of hydrogen-bond acceptors (Lipinski definition) is 7. The fourth-order valence-electron chi connectivity index (χ4n) is 1.26. The number of likely N-dealkylation sites (N-methyl/N-ethyl adjacent to an activating group) is 1. The number of methoxy groups -OCH3 is 1. The van der Waals surface area contributed by atoms with Crippen LogP contribution in [0, 0.1) is 0 Å². The zero-order valence-corrected chi connectivity index (χ0v) is 8.86. The summed E-state index contributed by atoms with van der Waals surface area (Å²) < 4.78 is 6.07. The van der Waals surface area contributed by atoms with Gasteiger partial charge in [0.25, 0.3) is 0 Å². The summed E-state index contributed by atoms with van der Waals surface area (Å²) in [6.07, 6.45) is 3.11. The summed E-state index contributed by atoms with van der Waals surface area (Å²) in [6, 6.07) is 0. The van der Waals surface area contributed by atoms with E-state index in [9.17, 15) is 4.79 Å². The Balaban J connectivity index is 2.32. The Morgan fingerprint density at radius 2 is 2.38 bits per heavy atom. The molecule has 2 rings (SSSR count). The van der Waals surface area contributed by atoms with Gasteiger partial charge in [-0.25, -0.2) is 0 Å². The molecule has 0 N–H and O–H groups in total. The Morgan fingerprint density at radius 1 is 1.56 bits per heavy atom. The summed E-state index contributed by atoms with van der Waals surface area (Å²) in [6.45, 7) is 0.108. The third kappa shape index (κ3) is 1.76. The Morgan fingerprint density at radius 3 is 3.12 bits per heavy atom. The minimum atomic E-state index is -0.340. The molecule has 0 saturated heterocycles. The highest BCUT2D eigenvalue weighted by Gasteiger charge is 2.12. The first kappa shape index (κ1) is 10.3. The van der Waals surface area contributed by atoms with Gasteiger partial charge in [-0.3, -0.25) is 9.78 Å². The van der Waals surface area contributed by atoms with Gasteiger partial charge in [0.05, 0.1) is 19.5 Å². The summed E-state index contributed by atoms with van der Waals surface area (Å²) in [5, 5.41) is 11.1. The predicted octanol–water partition coefficient (Wildman–Crippen LogP) is -0.872. The molecule has 84 valence electrons. The van der Waals surface area contributed by atoms with Gasteiger partial charge in [-0.05, 0) is 10.4 Å². The Labute approximate surface area is 90.8 Å². The van der Waals surface area contributed by atoms with Crippen LogP contribution >= 0.6 is 0 Å². The van der Waals surface area contributed by atoms with Crippen molar-refractivity contribution in [3.8, 4) is 0 Å². The third-order valence-electron chi connectivity index (χ3n) is 2.08. The lowest BCUT2D eigenvalue weighted by Gasteiger charge is -2.16. The van der Waals surface area contributed by atoms with Crippen molar-refractivity contribution in [2.75, 3.05) is 25.6 Å². The van der Waals surface area contributed by atoms with Crippen LogP contribution in [0.4, 0.5) is 5.82 Å². The number of nitrogens with zero attached hydrogens (tertiary/aromatic N) is 6. The maximum absolute atomic E-state index is 11.1. The number of aromatic nitrogens is 5. The van der Waals surface area contributed by atoms with Crippen LogP contribution in [0.15, 0.2) is 12.4 Å². The quantitative estimate of drug-likeness (QED) is 0.624. The van der Waals surface area contributed by atoms with Crippen molar-refractivity contribution < 1.29 is 9.53 Å². The molecule has 2 heterocycles. The van der Waals surface area contributed by atoms with Crippen molar-refractivity contribution in [3.05, 3.63) is 12.4 Å². The zero-order valence-electron chi connectivity index (χ0n) is 8.86. The maximum Gasteiger partial charge on any atom is 0.325 e. The normalized spacial score (nSPS) is 10.4. The Bertz CT molecular complexity index is 510. The highest BCUT2D eigenvalue weighted by atomic mass is 16.5. The van der Waals surface area contributed by atoms with E-state index in [1.165, 1.54) is 17.8 Å². The minimum absolute atomic E-state index is 0.108. The summed E-state index contributed by atoms with van der Waals surface area (Å²) in [7, 11) is 3.07. The number of esters is 1. The lowest BCUT2D eigenvalue weighted by atomic mass is 10.5. The zero-order chi connectivity index (χ0) is 11.5. The molecule has 0 atom stereocenters. The number of rotatable bonds is 3. The number of ether oxygens (including phenoxy) is 1. The standard InChI is InChI=1S/C8H10N6O2/c1-13(5-8(15)16-2)7-4-9-3-6-10-11-12-14(6)7/h3-4H,5H2,1-2H3. The number of carbonyl (C=O) groups is 1. The molecule has 0 aromatic carbocycles. The summed E-state index contributed by atoms with van der Waals surface area (Å²) in [5.74, 6) is 0.278. The molecule has 8 heteroatoms. The van der Waals surface area contributed by atoms with Gasteiger partial charge in [-0.1, -0.05) is 0 Å². The summed E-state index contributed by atoms with van der Waals surface area (Å²) in [5.41, 5.74) is 0.522. The molecule has 2 aromatic heterocycles. The van der Waals surface area contributed by atoms with Gasteiger partial charge >= 0.3 is 5.97 Å². The summed E-state index contributed by atoms with van der Waals surface area (Å²) in [4.78, 5) is 16.8.